The smallest absolute Gasteiger partial charge is 0.159 e. The van der Waals surface area contributed by atoms with E-state index in [1.165, 1.54) is 0 Å². The van der Waals surface area contributed by atoms with Crippen molar-refractivity contribution in [1.29, 1.82) is 0 Å². The zero-order chi connectivity index (χ0) is 14.1. The largest absolute Gasteiger partial charge is 0.384 e. The molecule has 2 N–H and O–H groups in total. The van der Waals surface area contributed by atoms with Crippen molar-refractivity contribution in [2.75, 3.05) is 5.73 Å². The molecule has 0 aliphatic heterocycles. The number of hydrogen-bond acceptors (Lipinski definition) is 3. The van der Waals surface area contributed by atoms with Crippen molar-refractivity contribution >= 4 is 32.8 Å². The lowest BCUT2D eigenvalue weighted by molar-refractivity contribution is 0.702. The molecule has 1 aromatic carbocycles. The lowest BCUT2D eigenvalue weighted by atomic mass is 10.3. The summed E-state index contributed by atoms with van der Waals surface area (Å²) < 4.78 is 3.22. The second-order valence-electron chi connectivity index (χ2n) is 4.67. The number of benzene rings is 1. The van der Waals surface area contributed by atoms with Crippen molar-refractivity contribution in [2.24, 2.45) is 0 Å². The third-order valence-electron chi connectivity index (χ3n) is 3.16. The van der Waals surface area contributed by atoms with Gasteiger partial charge in [-0.2, -0.15) is 0 Å². The Kier molecular flexibility index (Phi) is 3.44. The summed E-state index contributed by atoms with van der Waals surface area (Å²) in [5.74, 6) is 1.38. The van der Waals surface area contributed by atoms with Crippen LogP contribution in [0.1, 0.15) is 13.3 Å². The molecule has 5 heteroatoms. The molecule has 0 saturated heterocycles. The Morgan fingerprint density at radius 2 is 2.05 bits per heavy atom. The number of imidazole rings is 1. The maximum atomic E-state index is 5.78. The first-order chi connectivity index (χ1) is 9.69. The van der Waals surface area contributed by atoms with Crippen LogP contribution in [-0.4, -0.2) is 14.5 Å². The van der Waals surface area contributed by atoms with Gasteiger partial charge in [-0.25, -0.2) is 9.97 Å². The number of aryl methyl sites for hydroxylation is 1. The average molecular weight is 331 g/mol. The Labute approximate surface area is 125 Å². The number of pyridine rings is 1. The number of anilines is 1. The summed E-state index contributed by atoms with van der Waals surface area (Å²) in [6.07, 6.45) is 1.04. The molecule has 0 radical (unpaired) electrons. The summed E-state index contributed by atoms with van der Waals surface area (Å²) >= 11 is 3.49. The highest BCUT2D eigenvalue weighted by Gasteiger charge is 2.13. The topological polar surface area (TPSA) is 56.7 Å². The normalized spacial score (nSPS) is 11.1. The van der Waals surface area contributed by atoms with E-state index >= 15 is 0 Å². The Bertz CT molecular complexity index is 764. The number of halogens is 1. The molecule has 2 aromatic heterocycles. The van der Waals surface area contributed by atoms with Crippen LogP contribution < -0.4 is 5.73 Å². The standard InChI is InChI=1S/C15H15BrN4/c1-2-8-20-13-7-6-10(16)9-12(13)19-15(20)11-4-3-5-14(17)18-11/h3-7,9H,2,8H2,1H3,(H2,17,18). The maximum Gasteiger partial charge on any atom is 0.159 e. The monoisotopic (exact) mass is 330 g/mol. The third kappa shape index (κ3) is 2.29. The molecule has 0 atom stereocenters. The fourth-order valence-electron chi connectivity index (χ4n) is 2.32. The molecule has 3 aromatic rings. The molecular weight excluding hydrogens is 316 g/mol. The van der Waals surface area contributed by atoms with E-state index in [2.05, 4.69) is 38.5 Å². The van der Waals surface area contributed by atoms with Gasteiger partial charge < -0.3 is 10.3 Å². The van der Waals surface area contributed by atoms with E-state index in [1.54, 1.807) is 6.07 Å². The molecule has 2 heterocycles. The van der Waals surface area contributed by atoms with Crippen molar-refractivity contribution in [3.63, 3.8) is 0 Å². The van der Waals surface area contributed by atoms with Crippen LogP contribution in [0, 0.1) is 0 Å². The first-order valence-corrected chi connectivity index (χ1v) is 7.37. The van der Waals surface area contributed by atoms with Gasteiger partial charge >= 0.3 is 0 Å². The van der Waals surface area contributed by atoms with Gasteiger partial charge in [0, 0.05) is 11.0 Å². The van der Waals surface area contributed by atoms with Crippen LogP contribution in [0.4, 0.5) is 5.82 Å². The SMILES string of the molecule is CCCn1c(-c2cccc(N)n2)nc2cc(Br)ccc21. The van der Waals surface area contributed by atoms with Crippen molar-refractivity contribution in [3.8, 4) is 11.5 Å². The molecule has 0 spiro atoms. The van der Waals surface area contributed by atoms with Gasteiger partial charge in [-0.3, -0.25) is 0 Å². The van der Waals surface area contributed by atoms with Crippen molar-refractivity contribution < 1.29 is 0 Å². The number of fused-ring (bicyclic) bond motifs is 1. The van der Waals surface area contributed by atoms with Gasteiger partial charge in [-0.15, -0.1) is 0 Å². The van der Waals surface area contributed by atoms with Crippen LogP contribution in [0.25, 0.3) is 22.6 Å². The van der Waals surface area contributed by atoms with E-state index in [-0.39, 0.29) is 0 Å². The molecule has 20 heavy (non-hydrogen) atoms. The number of nitrogens with zero attached hydrogens (tertiary/aromatic N) is 3. The maximum absolute atomic E-state index is 5.78. The van der Waals surface area contributed by atoms with Crippen LogP contribution in [0.3, 0.4) is 0 Å². The highest BCUT2D eigenvalue weighted by atomic mass is 79.9. The molecule has 0 saturated carbocycles. The number of rotatable bonds is 3. The molecule has 0 unspecified atom stereocenters. The van der Waals surface area contributed by atoms with Gasteiger partial charge in [0.2, 0.25) is 0 Å². The molecule has 0 aliphatic rings. The van der Waals surface area contributed by atoms with Crippen LogP contribution in [0.2, 0.25) is 0 Å². The summed E-state index contributed by atoms with van der Waals surface area (Å²) in [5, 5.41) is 0. The van der Waals surface area contributed by atoms with Crippen LogP contribution in [0.5, 0.6) is 0 Å². The quantitative estimate of drug-likeness (QED) is 0.793. The summed E-state index contributed by atoms with van der Waals surface area (Å²) in [6, 6.07) is 11.8. The van der Waals surface area contributed by atoms with E-state index < -0.39 is 0 Å². The van der Waals surface area contributed by atoms with Gasteiger partial charge in [0.1, 0.15) is 11.5 Å². The van der Waals surface area contributed by atoms with Gasteiger partial charge in [0.25, 0.3) is 0 Å². The zero-order valence-corrected chi connectivity index (χ0v) is 12.8. The van der Waals surface area contributed by atoms with E-state index in [0.29, 0.717) is 5.82 Å². The number of hydrogen-bond donors (Lipinski definition) is 1. The van der Waals surface area contributed by atoms with Crippen LogP contribution in [-0.2, 0) is 6.54 Å². The second kappa shape index (κ2) is 5.25. The van der Waals surface area contributed by atoms with E-state index in [4.69, 9.17) is 10.7 Å². The second-order valence-corrected chi connectivity index (χ2v) is 5.58. The highest BCUT2D eigenvalue weighted by Crippen LogP contribution is 2.26. The molecular formula is C15H15BrN4. The van der Waals surface area contributed by atoms with Gasteiger partial charge in [-0.1, -0.05) is 28.9 Å². The first kappa shape index (κ1) is 13.1. The number of nitrogens with two attached hydrogens (primary N) is 1. The summed E-state index contributed by atoms with van der Waals surface area (Å²) in [4.78, 5) is 9.11. The van der Waals surface area contributed by atoms with Crippen LogP contribution in [0.15, 0.2) is 40.9 Å². The highest BCUT2D eigenvalue weighted by molar-refractivity contribution is 9.10. The summed E-state index contributed by atoms with van der Waals surface area (Å²) in [5.41, 5.74) is 8.68. The Hall–Kier alpha value is -1.88. The van der Waals surface area contributed by atoms with Crippen LogP contribution >= 0.6 is 15.9 Å². The summed E-state index contributed by atoms with van der Waals surface area (Å²) in [7, 11) is 0. The predicted octanol–water partition coefficient (Wildman–Crippen LogP) is 3.85. The summed E-state index contributed by atoms with van der Waals surface area (Å²) in [6.45, 7) is 3.06. The van der Waals surface area contributed by atoms with Gasteiger partial charge in [-0.05, 0) is 36.8 Å². The number of nitrogen functional groups attached to an aromatic ring is 1. The molecule has 0 amide bonds. The molecule has 3 rings (SSSR count). The lowest BCUT2D eigenvalue weighted by Gasteiger charge is -2.07. The van der Waals surface area contributed by atoms with Gasteiger partial charge in [0.15, 0.2) is 5.82 Å². The third-order valence-corrected chi connectivity index (χ3v) is 3.65. The van der Waals surface area contributed by atoms with Crippen molar-refractivity contribution in [1.82, 2.24) is 14.5 Å². The Balaban J connectivity index is 2.25. The first-order valence-electron chi connectivity index (χ1n) is 6.57. The van der Waals surface area contributed by atoms with E-state index in [1.807, 2.05) is 24.3 Å². The molecule has 0 fully saturated rings. The van der Waals surface area contributed by atoms with E-state index in [9.17, 15) is 0 Å². The molecule has 4 nitrogen and oxygen atoms in total. The van der Waals surface area contributed by atoms with Crippen molar-refractivity contribution in [3.05, 3.63) is 40.9 Å². The Morgan fingerprint density at radius 1 is 1.20 bits per heavy atom. The minimum atomic E-state index is 0.513. The molecule has 102 valence electrons. The van der Waals surface area contributed by atoms with Gasteiger partial charge in [0.05, 0.1) is 11.0 Å². The minimum Gasteiger partial charge on any atom is -0.384 e. The number of aromatic nitrogens is 3. The zero-order valence-electron chi connectivity index (χ0n) is 11.2. The minimum absolute atomic E-state index is 0.513. The fraction of sp³-hybridized carbons (Fsp3) is 0.200. The fourth-order valence-corrected chi connectivity index (χ4v) is 2.67. The predicted molar refractivity (Wildman–Crippen MR) is 85.4 cm³/mol. The van der Waals surface area contributed by atoms with E-state index in [0.717, 1.165) is 40.0 Å². The molecule has 0 bridgehead atoms. The molecule has 0 aliphatic carbocycles. The average Bonchev–Trinajstić information content (AvgIpc) is 2.77. The Morgan fingerprint density at radius 3 is 2.80 bits per heavy atom. The lowest BCUT2D eigenvalue weighted by Crippen LogP contribution is -2.01. The van der Waals surface area contributed by atoms with Crippen molar-refractivity contribution in [2.45, 2.75) is 19.9 Å².